The second-order valence-electron chi connectivity index (χ2n) is 8.08. The molecule has 1 aliphatic heterocycles. The molecule has 0 saturated carbocycles. The summed E-state index contributed by atoms with van der Waals surface area (Å²) in [7, 11) is 0. The summed E-state index contributed by atoms with van der Waals surface area (Å²) in [5.74, 6) is -1.02. The number of hydrogen-bond donors (Lipinski definition) is 1. The number of aliphatic carboxylic acids is 1. The van der Waals surface area contributed by atoms with Gasteiger partial charge in [0.2, 0.25) is 0 Å². The second-order valence-corrected chi connectivity index (χ2v) is 8.08. The molecule has 180 valence electrons. The summed E-state index contributed by atoms with van der Waals surface area (Å²) in [6, 6.07) is 14.7. The molecule has 7 nitrogen and oxygen atoms in total. The molecule has 35 heavy (non-hydrogen) atoms. The third-order valence-corrected chi connectivity index (χ3v) is 5.51. The largest absolute Gasteiger partial charge is 0.481 e. The first-order valence-electron chi connectivity index (χ1n) is 10.7. The topological polar surface area (TPSA) is 82.8 Å². The number of alkyl halides is 3. The van der Waals surface area contributed by atoms with Gasteiger partial charge in [0.1, 0.15) is 28.6 Å². The number of rotatable bonds is 7. The van der Waals surface area contributed by atoms with Gasteiger partial charge in [-0.3, -0.25) is 9.48 Å². The van der Waals surface area contributed by atoms with Gasteiger partial charge in [0.15, 0.2) is 0 Å². The molecular formula is C25H19F3N2O5. The molecule has 2 heterocycles. The van der Waals surface area contributed by atoms with Crippen LogP contribution in [0.5, 0.6) is 23.0 Å². The number of benzene rings is 3. The Labute approximate surface area is 197 Å². The van der Waals surface area contributed by atoms with E-state index < -0.39 is 23.5 Å². The summed E-state index contributed by atoms with van der Waals surface area (Å²) >= 11 is 0. The van der Waals surface area contributed by atoms with Crippen LogP contribution in [0.4, 0.5) is 13.2 Å². The number of fused-ring (bicyclic) bond motifs is 1. The van der Waals surface area contributed by atoms with E-state index in [0.29, 0.717) is 24.5 Å². The lowest BCUT2D eigenvalue weighted by Gasteiger charge is -2.26. The molecule has 1 N–H and O–H groups in total. The van der Waals surface area contributed by atoms with Gasteiger partial charge in [-0.15, -0.1) is 0 Å². The van der Waals surface area contributed by atoms with Crippen molar-refractivity contribution in [3.63, 3.8) is 0 Å². The van der Waals surface area contributed by atoms with Gasteiger partial charge in [0.25, 0.3) is 0 Å². The molecule has 0 atom stereocenters. The highest BCUT2D eigenvalue weighted by Crippen LogP contribution is 2.41. The van der Waals surface area contributed by atoms with E-state index in [9.17, 15) is 18.0 Å². The van der Waals surface area contributed by atoms with Gasteiger partial charge in [0, 0.05) is 11.5 Å². The SMILES string of the molecule is O=C(O)Cc1cccc(Oc2ccc(Oc3ccc4cnn(C5COC5)c4c3)cc2C(F)(F)F)c1. The Balaban J connectivity index is 1.42. The van der Waals surface area contributed by atoms with Gasteiger partial charge in [-0.1, -0.05) is 12.1 Å². The molecule has 0 unspecified atom stereocenters. The number of carboxylic acid groups (broad SMARTS) is 1. The zero-order chi connectivity index (χ0) is 24.6. The van der Waals surface area contributed by atoms with Gasteiger partial charge in [0.05, 0.1) is 37.4 Å². The van der Waals surface area contributed by atoms with E-state index >= 15 is 0 Å². The van der Waals surface area contributed by atoms with Crippen molar-refractivity contribution in [1.82, 2.24) is 9.78 Å². The summed E-state index contributed by atoms with van der Waals surface area (Å²) in [5, 5.41) is 14.2. The van der Waals surface area contributed by atoms with Crippen molar-refractivity contribution in [2.24, 2.45) is 0 Å². The first-order chi connectivity index (χ1) is 16.8. The third-order valence-electron chi connectivity index (χ3n) is 5.51. The second kappa shape index (κ2) is 8.95. The lowest BCUT2D eigenvalue weighted by atomic mass is 10.1. The molecule has 4 aromatic rings. The Kier molecular flexibility index (Phi) is 5.81. The Morgan fingerprint density at radius 2 is 1.77 bits per heavy atom. The van der Waals surface area contributed by atoms with Gasteiger partial charge in [-0.2, -0.15) is 18.3 Å². The molecule has 0 spiro atoms. The summed E-state index contributed by atoms with van der Waals surface area (Å²) < 4.78 is 59.8. The minimum atomic E-state index is -4.71. The van der Waals surface area contributed by atoms with Crippen molar-refractivity contribution in [1.29, 1.82) is 0 Å². The average molecular weight is 484 g/mol. The van der Waals surface area contributed by atoms with Crippen LogP contribution in [-0.2, 0) is 22.1 Å². The molecule has 0 bridgehead atoms. The van der Waals surface area contributed by atoms with Crippen LogP contribution < -0.4 is 9.47 Å². The fourth-order valence-corrected chi connectivity index (χ4v) is 3.78. The number of nitrogens with zero attached hydrogens (tertiary/aromatic N) is 2. The molecule has 10 heteroatoms. The van der Waals surface area contributed by atoms with Crippen LogP contribution >= 0.6 is 0 Å². The van der Waals surface area contributed by atoms with E-state index in [0.717, 1.165) is 17.0 Å². The highest BCUT2D eigenvalue weighted by molar-refractivity contribution is 5.80. The highest BCUT2D eigenvalue weighted by Gasteiger charge is 2.35. The summed E-state index contributed by atoms with van der Waals surface area (Å²) in [6.07, 6.45) is -3.26. The summed E-state index contributed by atoms with van der Waals surface area (Å²) in [4.78, 5) is 10.9. The summed E-state index contributed by atoms with van der Waals surface area (Å²) in [6.45, 7) is 1.11. The number of ether oxygens (including phenoxy) is 3. The van der Waals surface area contributed by atoms with E-state index in [1.807, 2.05) is 4.68 Å². The maximum atomic E-state index is 13.8. The Bertz CT molecular complexity index is 1400. The lowest BCUT2D eigenvalue weighted by Crippen LogP contribution is -2.31. The molecule has 1 aromatic heterocycles. The normalized spacial score (nSPS) is 14.0. The molecular weight excluding hydrogens is 465 g/mol. The lowest BCUT2D eigenvalue weighted by molar-refractivity contribution is -0.138. The number of aromatic nitrogens is 2. The zero-order valence-corrected chi connectivity index (χ0v) is 18.2. The van der Waals surface area contributed by atoms with Crippen molar-refractivity contribution in [2.45, 2.75) is 18.6 Å². The van der Waals surface area contributed by atoms with Gasteiger partial charge in [-0.25, -0.2) is 0 Å². The average Bonchev–Trinajstić information content (AvgIpc) is 3.15. The molecule has 3 aromatic carbocycles. The smallest absolute Gasteiger partial charge is 0.420 e. The van der Waals surface area contributed by atoms with Crippen LogP contribution in [0.25, 0.3) is 10.9 Å². The Morgan fingerprint density at radius 1 is 1.03 bits per heavy atom. The van der Waals surface area contributed by atoms with Crippen LogP contribution in [0.2, 0.25) is 0 Å². The van der Waals surface area contributed by atoms with Crippen molar-refractivity contribution in [3.8, 4) is 23.0 Å². The predicted molar refractivity (Wildman–Crippen MR) is 119 cm³/mol. The number of halogens is 3. The number of carbonyl (C=O) groups is 1. The molecule has 1 saturated heterocycles. The Hall–Kier alpha value is -4.05. The molecule has 0 amide bonds. The predicted octanol–water partition coefficient (Wildman–Crippen LogP) is 5.84. The quantitative estimate of drug-likeness (QED) is 0.355. The highest BCUT2D eigenvalue weighted by atomic mass is 19.4. The minimum absolute atomic E-state index is 0.0123. The van der Waals surface area contributed by atoms with Crippen molar-refractivity contribution in [2.75, 3.05) is 13.2 Å². The van der Waals surface area contributed by atoms with Gasteiger partial charge < -0.3 is 19.3 Å². The van der Waals surface area contributed by atoms with E-state index in [1.165, 1.54) is 30.3 Å². The molecule has 1 aliphatic rings. The van der Waals surface area contributed by atoms with Crippen molar-refractivity contribution < 1.29 is 37.3 Å². The van der Waals surface area contributed by atoms with E-state index in [4.69, 9.17) is 19.3 Å². The van der Waals surface area contributed by atoms with Gasteiger partial charge in [-0.05, 0) is 48.0 Å². The van der Waals surface area contributed by atoms with E-state index in [2.05, 4.69) is 5.10 Å². The molecule has 5 rings (SSSR count). The van der Waals surface area contributed by atoms with Crippen LogP contribution in [0, 0.1) is 0 Å². The third kappa shape index (κ3) is 4.92. The monoisotopic (exact) mass is 484 g/mol. The first kappa shape index (κ1) is 22.7. The van der Waals surface area contributed by atoms with Crippen LogP contribution in [0.3, 0.4) is 0 Å². The molecule has 0 aliphatic carbocycles. The first-order valence-corrected chi connectivity index (χ1v) is 10.7. The Morgan fingerprint density at radius 3 is 2.49 bits per heavy atom. The van der Waals surface area contributed by atoms with Gasteiger partial charge >= 0.3 is 12.1 Å². The van der Waals surface area contributed by atoms with E-state index in [1.54, 1.807) is 30.5 Å². The molecule has 0 radical (unpaired) electrons. The maximum absolute atomic E-state index is 13.8. The fraction of sp³-hybridized carbons (Fsp3) is 0.200. The van der Waals surface area contributed by atoms with Crippen molar-refractivity contribution in [3.05, 3.63) is 78.0 Å². The van der Waals surface area contributed by atoms with Crippen molar-refractivity contribution >= 4 is 16.9 Å². The molecule has 1 fully saturated rings. The fourth-order valence-electron chi connectivity index (χ4n) is 3.78. The van der Waals surface area contributed by atoms with E-state index in [-0.39, 0.29) is 24.0 Å². The standard InChI is InChI=1S/C25H19F3N2O5/c26-25(27,28)21-10-19(6-7-23(21)35-18-3-1-2-15(8-18)9-24(31)32)34-20-5-4-16-12-29-30(22(16)11-20)17-13-33-14-17/h1-8,10-12,17H,9,13-14H2,(H,31,32). The zero-order valence-electron chi connectivity index (χ0n) is 18.2. The number of hydrogen-bond acceptors (Lipinski definition) is 5. The van der Waals surface area contributed by atoms with Crippen LogP contribution in [0.15, 0.2) is 66.9 Å². The summed E-state index contributed by atoms with van der Waals surface area (Å²) in [5.41, 5.74) is 0.191. The minimum Gasteiger partial charge on any atom is -0.481 e. The van der Waals surface area contributed by atoms with Crippen LogP contribution in [0.1, 0.15) is 17.2 Å². The maximum Gasteiger partial charge on any atom is 0.420 e. The van der Waals surface area contributed by atoms with Crippen LogP contribution in [-0.4, -0.2) is 34.1 Å². The number of carboxylic acids is 1.